The fourth-order valence-corrected chi connectivity index (χ4v) is 1.63. The average Bonchev–Trinajstić information content (AvgIpc) is 2.34. The first kappa shape index (κ1) is 12.0. The number of phenolic OH excluding ortho intramolecular Hbond substituents is 1. The number of nitrogen functional groups attached to an aromatic ring is 1. The Morgan fingerprint density at radius 1 is 1.17 bits per heavy atom. The molecule has 0 aromatic heterocycles. The Balaban J connectivity index is 2.03. The van der Waals surface area contributed by atoms with Crippen LogP contribution in [0.4, 0.5) is 11.4 Å². The van der Waals surface area contributed by atoms with Crippen LogP contribution in [0, 0.1) is 0 Å². The molecule has 18 heavy (non-hydrogen) atoms. The minimum atomic E-state index is -0.179. The number of nitrogens with two attached hydrogens (primary N) is 1. The van der Waals surface area contributed by atoms with Crippen LogP contribution in [0.3, 0.4) is 0 Å². The van der Waals surface area contributed by atoms with Crippen LogP contribution in [0.25, 0.3) is 0 Å². The summed E-state index contributed by atoms with van der Waals surface area (Å²) in [6, 6.07) is 13.9. The Labute approximate surface area is 105 Å². The topological polar surface area (TPSA) is 75.4 Å². The van der Waals surface area contributed by atoms with Crippen LogP contribution in [-0.4, -0.2) is 11.0 Å². The lowest BCUT2D eigenvalue weighted by Gasteiger charge is -2.07. The SMILES string of the molecule is Nc1ccc(CC(=O)Nc2ccccc2)c(O)c1. The third-order valence-corrected chi connectivity index (χ3v) is 2.52. The Morgan fingerprint density at radius 2 is 1.89 bits per heavy atom. The van der Waals surface area contributed by atoms with E-state index < -0.39 is 0 Å². The Morgan fingerprint density at radius 3 is 2.56 bits per heavy atom. The van der Waals surface area contributed by atoms with Crippen molar-refractivity contribution in [3.05, 3.63) is 54.1 Å². The number of para-hydroxylation sites is 1. The van der Waals surface area contributed by atoms with Crippen molar-refractivity contribution in [1.29, 1.82) is 0 Å². The normalized spacial score (nSPS) is 10.0. The second-order valence-corrected chi connectivity index (χ2v) is 3.98. The minimum absolute atomic E-state index is 0.0400. The van der Waals surface area contributed by atoms with E-state index in [1.165, 1.54) is 6.07 Å². The second-order valence-electron chi connectivity index (χ2n) is 3.98. The maximum Gasteiger partial charge on any atom is 0.228 e. The lowest BCUT2D eigenvalue weighted by atomic mass is 10.1. The van der Waals surface area contributed by atoms with E-state index in [9.17, 15) is 9.90 Å². The molecule has 92 valence electrons. The highest BCUT2D eigenvalue weighted by atomic mass is 16.3. The van der Waals surface area contributed by atoms with Gasteiger partial charge in [0.15, 0.2) is 0 Å². The second kappa shape index (κ2) is 5.23. The molecule has 0 atom stereocenters. The molecule has 4 N–H and O–H groups in total. The molecule has 0 unspecified atom stereocenters. The van der Waals surface area contributed by atoms with Crippen molar-refractivity contribution in [2.75, 3.05) is 11.1 Å². The molecule has 4 heteroatoms. The van der Waals surface area contributed by atoms with E-state index in [1.54, 1.807) is 24.3 Å². The number of carbonyl (C=O) groups excluding carboxylic acids is 1. The van der Waals surface area contributed by atoms with Crippen LogP contribution in [0.15, 0.2) is 48.5 Å². The highest BCUT2D eigenvalue weighted by molar-refractivity contribution is 5.92. The van der Waals surface area contributed by atoms with Gasteiger partial charge in [0.25, 0.3) is 0 Å². The molecule has 0 aliphatic heterocycles. The van der Waals surface area contributed by atoms with E-state index >= 15 is 0 Å². The van der Waals surface area contributed by atoms with E-state index in [0.29, 0.717) is 11.3 Å². The molecule has 0 saturated carbocycles. The van der Waals surface area contributed by atoms with Crippen LogP contribution in [0.2, 0.25) is 0 Å². The van der Waals surface area contributed by atoms with E-state index in [-0.39, 0.29) is 18.1 Å². The number of benzene rings is 2. The van der Waals surface area contributed by atoms with Gasteiger partial charge in [0.05, 0.1) is 6.42 Å². The van der Waals surface area contributed by atoms with Gasteiger partial charge in [-0.05, 0) is 18.2 Å². The number of phenols is 1. The molecule has 1 amide bonds. The van der Waals surface area contributed by atoms with Crippen LogP contribution < -0.4 is 11.1 Å². The van der Waals surface area contributed by atoms with Gasteiger partial charge in [0.2, 0.25) is 5.91 Å². The summed E-state index contributed by atoms with van der Waals surface area (Å²) in [5.74, 6) is -0.139. The fourth-order valence-electron chi connectivity index (χ4n) is 1.63. The lowest BCUT2D eigenvalue weighted by molar-refractivity contribution is -0.115. The summed E-state index contributed by atoms with van der Waals surface area (Å²) in [4.78, 5) is 11.8. The van der Waals surface area contributed by atoms with Gasteiger partial charge in [-0.25, -0.2) is 0 Å². The molecule has 0 spiro atoms. The van der Waals surface area contributed by atoms with E-state index in [4.69, 9.17) is 5.73 Å². The zero-order chi connectivity index (χ0) is 13.0. The van der Waals surface area contributed by atoms with E-state index in [1.807, 2.05) is 18.2 Å². The predicted molar refractivity (Wildman–Crippen MR) is 71.3 cm³/mol. The number of anilines is 2. The molecule has 0 radical (unpaired) electrons. The summed E-state index contributed by atoms with van der Waals surface area (Å²) in [5, 5.41) is 12.4. The number of carbonyl (C=O) groups is 1. The van der Waals surface area contributed by atoms with Crippen molar-refractivity contribution < 1.29 is 9.90 Å². The number of rotatable bonds is 3. The standard InChI is InChI=1S/C14H14N2O2/c15-11-7-6-10(13(17)9-11)8-14(18)16-12-4-2-1-3-5-12/h1-7,9,17H,8,15H2,(H,16,18). The molecule has 0 aliphatic rings. The molecule has 2 aromatic rings. The monoisotopic (exact) mass is 242 g/mol. The Kier molecular flexibility index (Phi) is 3.48. The summed E-state index contributed by atoms with van der Waals surface area (Å²) in [6.45, 7) is 0. The number of hydrogen-bond acceptors (Lipinski definition) is 3. The zero-order valence-electron chi connectivity index (χ0n) is 9.76. The van der Waals surface area contributed by atoms with Crippen LogP contribution >= 0.6 is 0 Å². The van der Waals surface area contributed by atoms with Crippen LogP contribution in [-0.2, 0) is 11.2 Å². The molecule has 0 aliphatic carbocycles. The maximum absolute atomic E-state index is 11.8. The van der Waals surface area contributed by atoms with Crippen molar-refractivity contribution in [2.24, 2.45) is 0 Å². The highest BCUT2D eigenvalue weighted by Gasteiger charge is 2.08. The molecular weight excluding hydrogens is 228 g/mol. The van der Waals surface area contributed by atoms with Gasteiger partial charge in [0, 0.05) is 23.0 Å². The van der Waals surface area contributed by atoms with Crippen molar-refractivity contribution in [1.82, 2.24) is 0 Å². The number of hydrogen-bond donors (Lipinski definition) is 3. The van der Waals surface area contributed by atoms with Gasteiger partial charge >= 0.3 is 0 Å². The minimum Gasteiger partial charge on any atom is -0.508 e. The third-order valence-electron chi connectivity index (χ3n) is 2.52. The summed E-state index contributed by atoms with van der Waals surface area (Å²) >= 11 is 0. The summed E-state index contributed by atoms with van der Waals surface area (Å²) in [5.41, 5.74) is 7.28. The first-order valence-corrected chi connectivity index (χ1v) is 5.57. The average molecular weight is 242 g/mol. The van der Waals surface area contributed by atoms with Crippen LogP contribution in [0.5, 0.6) is 5.75 Å². The van der Waals surface area contributed by atoms with E-state index in [0.717, 1.165) is 5.69 Å². The summed E-state index contributed by atoms with van der Waals surface area (Å²) in [6.07, 6.45) is 0.112. The number of nitrogens with one attached hydrogen (secondary N) is 1. The fraction of sp³-hybridized carbons (Fsp3) is 0.0714. The number of amides is 1. The molecule has 2 aromatic carbocycles. The Bertz CT molecular complexity index is 553. The first-order chi connectivity index (χ1) is 8.65. The van der Waals surface area contributed by atoms with Gasteiger partial charge in [0.1, 0.15) is 5.75 Å². The highest BCUT2D eigenvalue weighted by Crippen LogP contribution is 2.20. The summed E-state index contributed by atoms with van der Waals surface area (Å²) < 4.78 is 0. The first-order valence-electron chi connectivity index (χ1n) is 5.57. The van der Waals surface area contributed by atoms with Gasteiger partial charge < -0.3 is 16.2 Å². The largest absolute Gasteiger partial charge is 0.508 e. The van der Waals surface area contributed by atoms with Gasteiger partial charge in [-0.3, -0.25) is 4.79 Å². The lowest BCUT2D eigenvalue weighted by Crippen LogP contribution is -2.14. The van der Waals surface area contributed by atoms with Crippen molar-refractivity contribution >= 4 is 17.3 Å². The van der Waals surface area contributed by atoms with Gasteiger partial charge in [-0.15, -0.1) is 0 Å². The molecular formula is C14H14N2O2. The quantitative estimate of drug-likeness (QED) is 0.722. The van der Waals surface area contributed by atoms with Gasteiger partial charge in [-0.1, -0.05) is 24.3 Å². The van der Waals surface area contributed by atoms with Crippen molar-refractivity contribution in [3.8, 4) is 5.75 Å². The Hall–Kier alpha value is -2.49. The summed E-state index contributed by atoms with van der Waals surface area (Å²) in [7, 11) is 0. The van der Waals surface area contributed by atoms with E-state index in [2.05, 4.69) is 5.32 Å². The van der Waals surface area contributed by atoms with Crippen molar-refractivity contribution in [3.63, 3.8) is 0 Å². The zero-order valence-corrected chi connectivity index (χ0v) is 9.76. The van der Waals surface area contributed by atoms with Crippen LogP contribution in [0.1, 0.15) is 5.56 Å². The third kappa shape index (κ3) is 3.01. The molecule has 4 nitrogen and oxygen atoms in total. The molecule has 0 heterocycles. The number of aromatic hydroxyl groups is 1. The maximum atomic E-state index is 11.8. The smallest absolute Gasteiger partial charge is 0.228 e. The molecule has 0 fully saturated rings. The molecule has 2 rings (SSSR count). The predicted octanol–water partition coefficient (Wildman–Crippen LogP) is 2.16. The van der Waals surface area contributed by atoms with Gasteiger partial charge in [-0.2, -0.15) is 0 Å². The van der Waals surface area contributed by atoms with Crippen molar-refractivity contribution in [2.45, 2.75) is 6.42 Å². The molecule has 0 bridgehead atoms. The molecule has 0 saturated heterocycles.